The molecule has 1 rings (SSSR count). The summed E-state index contributed by atoms with van der Waals surface area (Å²) in [7, 11) is -3.32. The zero-order valence-electron chi connectivity index (χ0n) is 10.0. The lowest BCUT2D eigenvalue weighted by Crippen LogP contribution is -2.55. The highest BCUT2D eigenvalue weighted by molar-refractivity contribution is 7.89. The van der Waals surface area contributed by atoms with Gasteiger partial charge in [0.1, 0.15) is 0 Å². The molecule has 4 nitrogen and oxygen atoms in total. The molecular formula is C10H20F2N2O2S. The van der Waals surface area contributed by atoms with Gasteiger partial charge in [0, 0.05) is 19.1 Å². The minimum absolute atomic E-state index is 0.0927. The van der Waals surface area contributed by atoms with E-state index in [1.54, 1.807) is 0 Å². The van der Waals surface area contributed by atoms with Crippen LogP contribution in [0.5, 0.6) is 0 Å². The lowest BCUT2D eigenvalue weighted by atomic mass is 9.90. The quantitative estimate of drug-likeness (QED) is 0.788. The Morgan fingerprint density at radius 2 is 1.71 bits per heavy atom. The molecule has 102 valence electrons. The Kier molecular flexibility index (Phi) is 4.86. The van der Waals surface area contributed by atoms with Gasteiger partial charge in [0.05, 0.1) is 0 Å². The molecular weight excluding hydrogens is 250 g/mol. The molecule has 1 saturated carbocycles. The SMILES string of the molecule is CN(C1(CN)CCCCCC1)S(=O)(=O)C(F)F. The Labute approximate surface area is 101 Å². The lowest BCUT2D eigenvalue weighted by Gasteiger charge is -2.39. The van der Waals surface area contributed by atoms with Crippen LogP contribution < -0.4 is 5.73 Å². The second-order valence-corrected chi connectivity index (χ2v) is 6.55. The van der Waals surface area contributed by atoms with E-state index >= 15 is 0 Å². The summed E-state index contributed by atoms with van der Waals surface area (Å²) in [6.07, 6.45) is 4.80. The summed E-state index contributed by atoms with van der Waals surface area (Å²) in [5, 5.41) is 0. The molecule has 0 bridgehead atoms. The number of nitrogens with two attached hydrogens (primary N) is 1. The Morgan fingerprint density at radius 3 is 2.06 bits per heavy atom. The second kappa shape index (κ2) is 5.58. The average Bonchev–Trinajstić information content (AvgIpc) is 2.53. The van der Waals surface area contributed by atoms with Crippen LogP contribution in [-0.2, 0) is 10.0 Å². The fourth-order valence-corrected chi connectivity index (χ4v) is 3.46. The molecule has 17 heavy (non-hydrogen) atoms. The third-order valence-corrected chi connectivity index (χ3v) is 5.29. The molecule has 1 aliphatic carbocycles. The van der Waals surface area contributed by atoms with Gasteiger partial charge in [0.25, 0.3) is 10.0 Å². The third-order valence-electron chi connectivity index (χ3n) is 3.69. The van der Waals surface area contributed by atoms with E-state index < -0.39 is 21.3 Å². The first kappa shape index (κ1) is 14.8. The minimum Gasteiger partial charge on any atom is -0.329 e. The van der Waals surface area contributed by atoms with Gasteiger partial charge in [-0.05, 0) is 12.8 Å². The largest absolute Gasteiger partial charge is 0.350 e. The highest BCUT2D eigenvalue weighted by Gasteiger charge is 2.43. The van der Waals surface area contributed by atoms with Gasteiger partial charge in [-0.1, -0.05) is 25.7 Å². The monoisotopic (exact) mass is 270 g/mol. The third kappa shape index (κ3) is 2.95. The van der Waals surface area contributed by atoms with Gasteiger partial charge in [0.15, 0.2) is 0 Å². The number of hydrogen-bond acceptors (Lipinski definition) is 3. The van der Waals surface area contributed by atoms with Gasteiger partial charge in [0.2, 0.25) is 0 Å². The number of sulfonamides is 1. The second-order valence-electron chi connectivity index (χ2n) is 4.62. The molecule has 7 heteroatoms. The molecule has 1 aliphatic rings. The van der Waals surface area contributed by atoms with Gasteiger partial charge in [-0.2, -0.15) is 13.1 Å². The maximum atomic E-state index is 12.6. The first-order valence-corrected chi connectivity index (χ1v) is 7.33. The van der Waals surface area contributed by atoms with Crippen LogP contribution in [0.15, 0.2) is 0 Å². The summed E-state index contributed by atoms with van der Waals surface area (Å²) in [6.45, 7) is 0.0927. The van der Waals surface area contributed by atoms with Crippen LogP contribution in [0.25, 0.3) is 0 Å². The minimum atomic E-state index is -4.54. The van der Waals surface area contributed by atoms with Crippen molar-refractivity contribution < 1.29 is 17.2 Å². The van der Waals surface area contributed by atoms with Gasteiger partial charge in [-0.3, -0.25) is 0 Å². The van der Waals surface area contributed by atoms with E-state index in [-0.39, 0.29) is 6.54 Å². The van der Waals surface area contributed by atoms with Crippen LogP contribution >= 0.6 is 0 Å². The molecule has 2 N–H and O–H groups in total. The van der Waals surface area contributed by atoms with Gasteiger partial charge in [-0.15, -0.1) is 0 Å². The van der Waals surface area contributed by atoms with E-state index in [2.05, 4.69) is 0 Å². The summed E-state index contributed by atoms with van der Waals surface area (Å²) in [6, 6.07) is 0. The summed E-state index contributed by atoms with van der Waals surface area (Å²) in [5.41, 5.74) is 4.83. The smallest absolute Gasteiger partial charge is 0.329 e. The van der Waals surface area contributed by atoms with E-state index in [1.165, 1.54) is 7.05 Å². The molecule has 0 radical (unpaired) electrons. The maximum absolute atomic E-state index is 12.6. The molecule has 0 heterocycles. The van der Waals surface area contributed by atoms with Crippen molar-refractivity contribution in [2.24, 2.45) is 5.73 Å². The van der Waals surface area contributed by atoms with Crippen molar-refractivity contribution in [3.05, 3.63) is 0 Å². The van der Waals surface area contributed by atoms with E-state index in [0.29, 0.717) is 12.8 Å². The highest BCUT2D eigenvalue weighted by atomic mass is 32.2. The fourth-order valence-electron chi connectivity index (χ4n) is 2.42. The van der Waals surface area contributed by atoms with Crippen LogP contribution in [0.3, 0.4) is 0 Å². The van der Waals surface area contributed by atoms with Crippen molar-refractivity contribution >= 4 is 10.0 Å². The van der Waals surface area contributed by atoms with Gasteiger partial charge in [-0.25, -0.2) is 8.42 Å². The number of likely N-dealkylation sites (N-methyl/N-ethyl adjacent to an activating group) is 1. The van der Waals surface area contributed by atoms with Crippen LogP contribution in [0.2, 0.25) is 0 Å². The molecule has 0 aromatic heterocycles. The van der Waals surface area contributed by atoms with E-state index in [4.69, 9.17) is 5.73 Å². The van der Waals surface area contributed by atoms with E-state index in [1.807, 2.05) is 0 Å². The standard InChI is InChI=1S/C10H20F2N2O2S/c1-14(17(15,16)9(11)12)10(8-13)6-4-2-3-5-7-10/h9H,2-8,13H2,1H3. The van der Waals surface area contributed by atoms with Crippen LogP contribution in [0.1, 0.15) is 38.5 Å². The first-order valence-electron chi connectivity index (χ1n) is 5.83. The molecule has 0 amide bonds. The van der Waals surface area contributed by atoms with Crippen molar-refractivity contribution in [3.63, 3.8) is 0 Å². The number of alkyl halides is 2. The van der Waals surface area contributed by atoms with Crippen LogP contribution in [0.4, 0.5) is 8.78 Å². The topological polar surface area (TPSA) is 63.4 Å². The molecule has 0 saturated heterocycles. The summed E-state index contributed by atoms with van der Waals surface area (Å²) < 4.78 is 49.0. The number of nitrogens with zero attached hydrogens (tertiary/aromatic N) is 1. The predicted molar refractivity (Wildman–Crippen MR) is 62.2 cm³/mol. The molecule has 0 unspecified atom stereocenters. The van der Waals surface area contributed by atoms with Crippen LogP contribution in [0, 0.1) is 0 Å². The lowest BCUT2D eigenvalue weighted by molar-refractivity contribution is 0.165. The highest BCUT2D eigenvalue weighted by Crippen LogP contribution is 2.33. The molecule has 0 aromatic carbocycles. The number of rotatable bonds is 4. The zero-order chi connectivity index (χ0) is 13.1. The van der Waals surface area contributed by atoms with Crippen molar-refractivity contribution in [2.45, 2.75) is 49.8 Å². The van der Waals surface area contributed by atoms with Gasteiger partial charge < -0.3 is 5.73 Å². The predicted octanol–water partition coefficient (Wildman–Crippen LogP) is 1.52. The zero-order valence-corrected chi connectivity index (χ0v) is 10.8. The summed E-state index contributed by atoms with van der Waals surface area (Å²) >= 11 is 0. The van der Waals surface area contributed by atoms with E-state index in [0.717, 1.165) is 30.0 Å². The Morgan fingerprint density at radius 1 is 1.24 bits per heavy atom. The molecule has 0 atom stereocenters. The summed E-state index contributed by atoms with van der Waals surface area (Å²) in [4.78, 5) is 0. The van der Waals surface area contributed by atoms with Crippen molar-refractivity contribution in [1.29, 1.82) is 0 Å². The molecule has 0 spiro atoms. The Bertz CT molecular complexity index is 338. The normalized spacial score (nSPS) is 21.8. The van der Waals surface area contributed by atoms with Gasteiger partial charge >= 0.3 is 5.76 Å². The van der Waals surface area contributed by atoms with Crippen LogP contribution in [-0.4, -0.2) is 37.6 Å². The molecule has 0 aliphatic heterocycles. The number of halogens is 2. The first-order chi connectivity index (χ1) is 7.87. The Balaban J connectivity index is 2.99. The average molecular weight is 270 g/mol. The fraction of sp³-hybridized carbons (Fsp3) is 1.00. The van der Waals surface area contributed by atoms with Crippen molar-refractivity contribution in [1.82, 2.24) is 4.31 Å². The molecule has 1 fully saturated rings. The molecule has 0 aromatic rings. The van der Waals surface area contributed by atoms with Crippen molar-refractivity contribution in [3.8, 4) is 0 Å². The maximum Gasteiger partial charge on any atom is 0.350 e. The summed E-state index contributed by atoms with van der Waals surface area (Å²) in [5.74, 6) is -3.38. The van der Waals surface area contributed by atoms with E-state index in [9.17, 15) is 17.2 Å². The van der Waals surface area contributed by atoms with Crippen molar-refractivity contribution in [2.75, 3.05) is 13.6 Å². The number of hydrogen-bond donors (Lipinski definition) is 1. The Hall–Kier alpha value is -0.270.